The van der Waals surface area contributed by atoms with Crippen LogP contribution in [0.4, 0.5) is 4.79 Å². The Bertz CT molecular complexity index is 417. The second-order valence-corrected chi connectivity index (χ2v) is 3.75. The minimum atomic E-state index is -0.792. The first-order valence-corrected chi connectivity index (χ1v) is 5.39. The molecule has 17 heavy (non-hydrogen) atoms. The Morgan fingerprint density at radius 3 is 2.82 bits per heavy atom. The van der Waals surface area contributed by atoms with Crippen LogP contribution in [0.15, 0.2) is 18.3 Å². The number of hydrogen-bond acceptors (Lipinski definition) is 3. The maximum absolute atomic E-state index is 11.4. The molecule has 1 N–H and O–H groups in total. The largest absolute Gasteiger partial charge is 0.429 e. The van der Waals surface area contributed by atoms with Gasteiger partial charge in [-0.2, -0.15) is 0 Å². The first-order valence-electron chi connectivity index (χ1n) is 5.39. The van der Waals surface area contributed by atoms with Crippen LogP contribution < -0.4 is 5.32 Å². The molecule has 1 aliphatic rings. The summed E-state index contributed by atoms with van der Waals surface area (Å²) in [6.07, 6.45) is 2.54. The SMILES string of the molecule is CCCCn1cccc1C1OC(=O)NC1=O.[Na]. The minimum absolute atomic E-state index is 0. The van der Waals surface area contributed by atoms with Crippen LogP contribution in [0.5, 0.6) is 0 Å². The second-order valence-electron chi connectivity index (χ2n) is 3.75. The normalized spacial score (nSPS) is 18.5. The van der Waals surface area contributed by atoms with Crippen LogP contribution in [0.25, 0.3) is 0 Å². The quantitative estimate of drug-likeness (QED) is 0.811. The summed E-state index contributed by atoms with van der Waals surface area (Å²) in [4.78, 5) is 22.4. The number of carbonyl (C=O) groups is 2. The molecule has 0 aromatic carbocycles. The van der Waals surface area contributed by atoms with Crippen molar-refractivity contribution in [2.24, 2.45) is 0 Å². The zero-order chi connectivity index (χ0) is 11.5. The van der Waals surface area contributed by atoms with Gasteiger partial charge in [-0.15, -0.1) is 0 Å². The molecule has 0 spiro atoms. The van der Waals surface area contributed by atoms with Crippen LogP contribution in [-0.2, 0) is 16.1 Å². The molecular formula is C11H14N2NaO3. The molecule has 1 radical (unpaired) electrons. The summed E-state index contributed by atoms with van der Waals surface area (Å²) < 4.78 is 6.87. The third-order valence-electron chi connectivity index (χ3n) is 2.57. The Morgan fingerprint density at radius 2 is 2.24 bits per heavy atom. The molecule has 1 atom stereocenters. The van der Waals surface area contributed by atoms with Crippen molar-refractivity contribution in [3.63, 3.8) is 0 Å². The van der Waals surface area contributed by atoms with Crippen molar-refractivity contribution in [2.45, 2.75) is 32.4 Å². The van der Waals surface area contributed by atoms with E-state index in [2.05, 4.69) is 12.2 Å². The van der Waals surface area contributed by atoms with E-state index in [0.717, 1.165) is 25.1 Å². The Hall–Kier alpha value is -0.780. The number of unbranched alkanes of at least 4 members (excludes halogenated alkanes) is 1. The fourth-order valence-corrected chi connectivity index (χ4v) is 1.75. The van der Waals surface area contributed by atoms with Crippen molar-refractivity contribution in [3.8, 4) is 0 Å². The number of amides is 2. The molecule has 2 amide bonds. The van der Waals surface area contributed by atoms with E-state index in [-0.39, 0.29) is 35.5 Å². The van der Waals surface area contributed by atoms with Gasteiger partial charge in [0.25, 0.3) is 5.91 Å². The van der Waals surface area contributed by atoms with Gasteiger partial charge in [-0.3, -0.25) is 10.1 Å². The average molecular weight is 245 g/mol. The van der Waals surface area contributed by atoms with Gasteiger partial charge in [0.2, 0.25) is 6.10 Å². The predicted molar refractivity (Wildman–Crippen MR) is 62.5 cm³/mol. The summed E-state index contributed by atoms with van der Waals surface area (Å²) in [7, 11) is 0. The standard InChI is InChI=1S/C11H14N2O3.Na/c1-2-3-6-13-7-4-5-8(13)9-10(14)12-11(15)16-9;/h4-5,7,9H,2-3,6H2,1H3,(H,12,14,15);. The van der Waals surface area contributed by atoms with Crippen molar-refractivity contribution in [2.75, 3.05) is 0 Å². The molecule has 1 aromatic heterocycles. The number of ether oxygens (including phenoxy) is 1. The molecule has 1 aromatic rings. The molecule has 87 valence electrons. The number of nitrogens with zero attached hydrogens (tertiary/aromatic N) is 1. The maximum Gasteiger partial charge on any atom is 0.415 e. The summed E-state index contributed by atoms with van der Waals surface area (Å²) in [6, 6.07) is 3.66. The third-order valence-corrected chi connectivity index (χ3v) is 2.57. The van der Waals surface area contributed by atoms with E-state index in [1.54, 1.807) is 6.07 Å². The van der Waals surface area contributed by atoms with E-state index >= 15 is 0 Å². The molecule has 5 nitrogen and oxygen atoms in total. The van der Waals surface area contributed by atoms with Gasteiger partial charge in [0.1, 0.15) is 0 Å². The summed E-state index contributed by atoms with van der Waals surface area (Å²) in [5, 5.41) is 2.13. The molecule has 0 saturated carbocycles. The van der Waals surface area contributed by atoms with Crippen LogP contribution >= 0.6 is 0 Å². The van der Waals surface area contributed by atoms with E-state index in [4.69, 9.17) is 4.74 Å². The van der Waals surface area contributed by atoms with Gasteiger partial charge in [0.15, 0.2) is 0 Å². The van der Waals surface area contributed by atoms with Gasteiger partial charge in [-0.1, -0.05) is 13.3 Å². The Labute approximate surface area is 122 Å². The Kier molecular flexibility index (Phi) is 5.24. The van der Waals surface area contributed by atoms with E-state index in [0.29, 0.717) is 0 Å². The maximum atomic E-state index is 11.4. The van der Waals surface area contributed by atoms with Crippen LogP contribution in [0, 0.1) is 0 Å². The van der Waals surface area contributed by atoms with E-state index < -0.39 is 12.2 Å². The Balaban J connectivity index is 0.00000144. The van der Waals surface area contributed by atoms with Gasteiger partial charge >= 0.3 is 6.09 Å². The van der Waals surface area contributed by atoms with Gasteiger partial charge < -0.3 is 9.30 Å². The van der Waals surface area contributed by atoms with Crippen molar-refractivity contribution >= 4 is 41.6 Å². The van der Waals surface area contributed by atoms with E-state index in [9.17, 15) is 9.59 Å². The molecule has 1 saturated heterocycles. The molecule has 6 heteroatoms. The predicted octanol–water partition coefficient (Wildman–Crippen LogP) is 1.21. The fraction of sp³-hybridized carbons (Fsp3) is 0.455. The van der Waals surface area contributed by atoms with Crippen LogP contribution in [0.3, 0.4) is 0 Å². The molecular weight excluding hydrogens is 231 g/mol. The molecule has 1 unspecified atom stereocenters. The third kappa shape index (κ3) is 3.12. The van der Waals surface area contributed by atoms with Crippen LogP contribution in [0.1, 0.15) is 31.6 Å². The summed E-state index contributed by atoms with van der Waals surface area (Å²) in [6.45, 7) is 2.94. The molecule has 1 aliphatic heterocycles. The topological polar surface area (TPSA) is 60.3 Å². The van der Waals surface area contributed by atoms with Crippen molar-refractivity contribution in [1.82, 2.24) is 9.88 Å². The molecule has 1 fully saturated rings. The molecule has 2 rings (SSSR count). The summed E-state index contributed by atoms with van der Waals surface area (Å²) in [5.74, 6) is -0.388. The number of aryl methyl sites for hydroxylation is 1. The number of hydrogen-bond donors (Lipinski definition) is 1. The van der Waals surface area contributed by atoms with Crippen LogP contribution in [-0.4, -0.2) is 46.1 Å². The zero-order valence-corrected chi connectivity index (χ0v) is 12.1. The molecule has 0 bridgehead atoms. The first-order chi connectivity index (χ1) is 7.72. The number of carbonyl (C=O) groups excluding carboxylic acids is 2. The number of aromatic nitrogens is 1. The van der Waals surface area contributed by atoms with E-state index in [1.165, 1.54) is 0 Å². The summed E-state index contributed by atoms with van der Waals surface area (Å²) in [5.41, 5.74) is 0.733. The molecule has 2 heterocycles. The average Bonchev–Trinajstić information content (AvgIpc) is 2.81. The molecule has 0 aliphatic carbocycles. The van der Waals surface area contributed by atoms with E-state index in [1.807, 2.05) is 16.8 Å². The number of rotatable bonds is 4. The fourth-order valence-electron chi connectivity index (χ4n) is 1.75. The van der Waals surface area contributed by atoms with Gasteiger partial charge in [0, 0.05) is 42.3 Å². The summed E-state index contributed by atoms with van der Waals surface area (Å²) >= 11 is 0. The minimum Gasteiger partial charge on any atom is -0.429 e. The smallest absolute Gasteiger partial charge is 0.415 e. The van der Waals surface area contributed by atoms with Gasteiger partial charge in [0.05, 0.1) is 5.69 Å². The van der Waals surface area contributed by atoms with Crippen LogP contribution in [0.2, 0.25) is 0 Å². The number of alkyl carbamates (subject to hydrolysis) is 1. The van der Waals surface area contributed by atoms with Crippen molar-refractivity contribution in [3.05, 3.63) is 24.0 Å². The number of cyclic esters (lactones) is 1. The van der Waals surface area contributed by atoms with Crippen molar-refractivity contribution < 1.29 is 14.3 Å². The zero-order valence-electron chi connectivity index (χ0n) is 10.1. The first kappa shape index (κ1) is 14.3. The number of nitrogens with one attached hydrogen (secondary N) is 1. The van der Waals surface area contributed by atoms with Gasteiger partial charge in [-0.05, 0) is 18.6 Å². The number of imide groups is 1. The van der Waals surface area contributed by atoms with Gasteiger partial charge in [-0.25, -0.2) is 4.79 Å². The van der Waals surface area contributed by atoms with Crippen molar-refractivity contribution in [1.29, 1.82) is 0 Å². The second kappa shape index (κ2) is 6.23. The monoisotopic (exact) mass is 245 g/mol. The Morgan fingerprint density at radius 1 is 1.47 bits per heavy atom.